The molecule has 0 aromatic heterocycles. The van der Waals surface area contributed by atoms with Gasteiger partial charge in [0, 0.05) is 19.8 Å². The Morgan fingerprint density at radius 2 is 2.26 bits per heavy atom. The molecule has 2 rings (SSSR count). The average Bonchev–Trinajstić information content (AvgIpc) is 3.20. The third-order valence-corrected chi connectivity index (χ3v) is 3.65. The summed E-state index contributed by atoms with van der Waals surface area (Å²) in [7, 11) is 1.74. The van der Waals surface area contributed by atoms with Crippen LogP contribution in [0.3, 0.4) is 0 Å². The fourth-order valence-electron chi connectivity index (χ4n) is 2.41. The van der Waals surface area contributed by atoms with E-state index in [-0.39, 0.29) is 5.82 Å². The van der Waals surface area contributed by atoms with Crippen LogP contribution in [0.15, 0.2) is 24.3 Å². The summed E-state index contributed by atoms with van der Waals surface area (Å²) in [5.41, 5.74) is 1.10. The van der Waals surface area contributed by atoms with Crippen molar-refractivity contribution in [3.05, 3.63) is 35.6 Å². The first-order chi connectivity index (χ1) is 9.28. The van der Waals surface area contributed by atoms with Gasteiger partial charge in [0.2, 0.25) is 0 Å². The molecule has 0 radical (unpaired) electrons. The molecule has 0 bridgehead atoms. The van der Waals surface area contributed by atoms with Gasteiger partial charge in [-0.05, 0) is 62.3 Å². The third-order valence-electron chi connectivity index (χ3n) is 3.65. The van der Waals surface area contributed by atoms with E-state index < -0.39 is 0 Å². The van der Waals surface area contributed by atoms with Gasteiger partial charge in [-0.15, -0.1) is 0 Å². The highest BCUT2D eigenvalue weighted by Crippen LogP contribution is 2.21. The quantitative estimate of drug-likeness (QED) is 0.692. The summed E-state index contributed by atoms with van der Waals surface area (Å²) in [6.45, 7) is 1.84. The highest BCUT2D eigenvalue weighted by atomic mass is 19.1. The van der Waals surface area contributed by atoms with Gasteiger partial charge in [-0.25, -0.2) is 4.39 Å². The lowest BCUT2D eigenvalue weighted by Crippen LogP contribution is -2.26. The van der Waals surface area contributed by atoms with Crippen LogP contribution in [0.1, 0.15) is 31.2 Å². The number of ether oxygens (including phenoxy) is 1. The molecule has 19 heavy (non-hydrogen) atoms. The van der Waals surface area contributed by atoms with Gasteiger partial charge >= 0.3 is 0 Å². The van der Waals surface area contributed by atoms with Gasteiger partial charge in [0.25, 0.3) is 0 Å². The van der Waals surface area contributed by atoms with Crippen LogP contribution in [0.25, 0.3) is 0 Å². The van der Waals surface area contributed by atoms with Gasteiger partial charge in [-0.3, -0.25) is 0 Å². The number of nitrogens with one attached hydrogen (secondary N) is 1. The van der Waals surface area contributed by atoms with Crippen molar-refractivity contribution in [3.63, 3.8) is 0 Å². The predicted octanol–water partition coefficient (Wildman–Crippen LogP) is 3.16. The van der Waals surface area contributed by atoms with Crippen LogP contribution in [0, 0.1) is 11.7 Å². The van der Waals surface area contributed by atoms with E-state index in [0.717, 1.165) is 44.0 Å². The minimum atomic E-state index is -0.136. The summed E-state index contributed by atoms with van der Waals surface area (Å²) < 4.78 is 18.3. The molecule has 0 heterocycles. The minimum Gasteiger partial charge on any atom is -0.385 e. The van der Waals surface area contributed by atoms with E-state index in [9.17, 15) is 4.39 Å². The zero-order valence-electron chi connectivity index (χ0n) is 11.7. The van der Waals surface area contributed by atoms with Gasteiger partial charge in [0.05, 0.1) is 0 Å². The molecule has 106 valence electrons. The van der Waals surface area contributed by atoms with Crippen molar-refractivity contribution in [1.82, 2.24) is 5.32 Å². The lowest BCUT2D eigenvalue weighted by atomic mass is 9.94. The summed E-state index contributed by atoms with van der Waals surface area (Å²) >= 11 is 0. The Kier molecular flexibility index (Phi) is 5.80. The van der Waals surface area contributed by atoms with E-state index in [2.05, 4.69) is 5.32 Å². The summed E-state index contributed by atoms with van der Waals surface area (Å²) in [4.78, 5) is 0. The molecule has 1 atom stereocenters. The van der Waals surface area contributed by atoms with Crippen LogP contribution in [0.4, 0.5) is 4.39 Å². The van der Waals surface area contributed by atoms with Crippen LogP contribution in [-0.2, 0) is 11.2 Å². The Bertz CT molecular complexity index is 379. The molecular formula is C16H24FNO. The summed E-state index contributed by atoms with van der Waals surface area (Å²) in [6.07, 6.45) is 5.77. The molecule has 1 saturated carbocycles. The van der Waals surface area contributed by atoms with Crippen molar-refractivity contribution in [2.45, 2.75) is 38.1 Å². The first-order valence-electron chi connectivity index (χ1n) is 7.24. The molecule has 1 fully saturated rings. The summed E-state index contributed by atoms with van der Waals surface area (Å²) in [5, 5.41) is 3.58. The SMILES string of the molecule is COCCCC(CNC1CC1)Cc1cccc(F)c1. The van der Waals surface area contributed by atoms with Gasteiger partial charge in [0.15, 0.2) is 0 Å². The Morgan fingerprint density at radius 1 is 1.42 bits per heavy atom. The minimum absolute atomic E-state index is 0.136. The van der Waals surface area contributed by atoms with Gasteiger partial charge in [-0.2, -0.15) is 0 Å². The predicted molar refractivity (Wildman–Crippen MR) is 75.7 cm³/mol. The summed E-state index contributed by atoms with van der Waals surface area (Å²) in [5.74, 6) is 0.431. The Balaban J connectivity index is 1.83. The van der Waals surface area contributed by atoms with E-state index in [1.165, 1.54) is 18.9 Å². The molecule has 0 saturated heterocycles. The Labute approximate surface area is 115 Å². The molecule has 1 aliphatic rings. The molecule has 3 heteroatoms. The fourth-order valence-corrected chi connectivity index (χ4v) is 2.41. The molecule has 1 N–H and O–H groups in total. The first kappa shape index (κ1) is 14.5. The topological polar surface area (TPSA) is 21.3 Å². The largest absolute Gasteiger partial charge is 0.385 e. The number of rotatable bonds is 9. The lowest BCUT2D eigenvalue weighted by Gasteiger charge is -2.17. The van der Waals surface area contributed by atoms with Crippen molar-refractivity contribution in [3.8, 4) is 0 Å². The van der Waals surface area contributed by atoms with E-state index in [1.807, 2.05) is 6.07 Å². The van der Waals surface area contributed by atoms with Crippen LogP contribution in [0.5, 0.6) is 0 Å². The summed E-state index contributed by atoms with van der Waals surface area (Å²) in [6, 6.07) is 7.71. The van der Waals surface area contributed by atoms with Crippen molar-refractivity contribution < 1.29 is 9.13 Å². The molecule has 2 nitrogen and oxygen atoms in total. The monoisotopic (exact) mass is 265 g/mol. The van der Waals surface area contributed by atoms with Crippen molar-refractivity contribution in [1.29, 1.82) is 0 Å². The van der Waals surface area contributed by atoms with Crippen LogP contribution in [-0.4, -0.2) is 26.3 Å². The Hall–Kier alpha value is -0.930. The third kappa shape index (κ3) is 5.70. The van der Waals surface area contributed by atoms with Gasteiger partial charge in [0.1, 0.15) is 5.82 Å². The standard InChI is InChI=1S/C16H24FNO/c1-19-9-3-5-14(12-18-16-7-8-16)10-13-4-2-6-15(17)11-13/h2,4,6,11,14,16,18H,3,5,7-10,12H2,1H3. The van der Waals surface area contributed by atoms with Gasteiger partial charge < -0.3 is 10.1 Å². The maximum absolute atomic E-state index is 13.2. The molecule has 1 unspecified atom stereocenters. The normalized spacial score (nSPS) is 16.5. The van der Waals surface area contributed by atoms with Crippen molar-refractivity contribution in [2.75, 3.05) is 20.3 Å². The number of benzene rings is 1. The molecule has 1 aromatic carbocycles. The zero-order chi connectivity index (χ0) is 13.5. The molecule has 0 aliphatic heterocycles. The Morgan fingerprint density at radius 3 is 2.95 bits per heavy atom. The van der Waals surface area contributed by atoms with E-state index in [1.54, 1.807) is 19.2 Å². The number of halogens is 1. The number of hydrogen-bond acceptors (Lipinski definition) is 2. The molecule has 0 spiro atoms. The maximum atomic E-state index is 13.2. The molecule has 0 amide bonds. The molecular weight excluding hydrogens is 241 g/mol. The van der Waals surface area contributed by atoms with E-state index in [0.29, 0.717) is 5.92 Å². The first-order valence-corrected chi connectivity index (χ1v) is 7.24. The highest BCUT2D eigenvalue weighted by Gasteiger charge is 2.21. The smallest absolute Gasteiger partial charge is 0.123 e. The van der Waals surface area contributed by atoms with Gasteiger partial charge in [-0.1, -0.05) is 12.1 Å². The van der Waals surface area contributed by atoms with Crippen LogP contribution < -0.4 is 5.32 Å². The number of hydrogen-bond donors (Lipinski definition) is 1. The lowest BCUT2D eigenvalue weighted by molar-refractivity contribution is 0.186. The number of methoxy groups -OCH3 is 1. The highest BCUT2D eigenvalue weighted by molar-refractivity contribution is 5.17. The second kappa shape index (κ2) is 7.61. The van der Waals surface area contributed by atoms with Crippen molar-refractivity contribution >= 4 is 0 Å². The molecule has 1 aromatic rings. The van der Waals surface area contributed by atoms with E-state index in [4.69, 9.17) is 4.74 Å². The van der Waals surface area contributed by atoms with Crippen molar-refractivity contribution in [2.24, 2.45) is 5.92 Å². The van der Waals surface area contributed by atoms with Crippen LogP contribution >= 0.6 is 0 Å². The second-order valence-electron chi connectivity index (χ2n) is 5.52. The second-order valence-corrected chi connectivity index (χ2v) is 5.52. The zero-order valence-corrected chi connectivity index (χ0v) is 11.7. The fraction of sp³-hybridized carbons (Fsp3) is 0.625. The average molecular weight is 265 g/mol. The maximum Gasteiger partial charge on any atom is 0.123 e. The van der Waals surface area contributed by atoms with Crippen LogP contribution in [0.2, 0.25) is 0 Å². The molecule has 1 aliphatic carbocycles. The van der Waals surface area contributed by atoms with E-state index >= 15 is 0 Å².